The van der Waals surface area contributed by atoms with Crippen LogP contribution in [0.25, 0.3) is 0 Å². The Balaban J connectivity index is 1.97. The normalized spacial score (nSPS) is 22.0. The van der Waals surface area contributed by atoms with Crippen LogP contribution in [0.1, 0.15) is 24.3 Å². The number of benzene rings is 1. The van der Waals surface area contributed by atoms with E-state index in [-0.39, 0.29) is 11.9 Å². The van der Waals surface area contributed by atoms with Gasteiger partial charge in [0.25, 0.3) is 0 Å². The maximum atomic E-state index is 12.1. The molecule has 3 unspecified atom stereocenters. The highest BCUT2D eigenvalue weighted by Crippen LogP contribution is 2.19. The third-order valence-electron chi connectivity index (χ3n) is 3.25. The first kappa shape index (κ1) is 14.2. The standard InChI is InChI=1S/C14H18O4S/c15-14(16)13(11-5-2-1-3-6-11)10-19(17)9-12-7-4-8-18-12/h1-3,5-6,12-13H,4,7-10H2,(H,15,16). The Bertz CT molecular complexity index is 440. The third kappa shape index (κ3) is 4.14. The summed E-state index contributed by atoms with van der Waals surface area (Å²) in [7, 11) is -1.17. The number of carbonyl (C=O) groups is 1. The van der Waals surface area contributed by atoms with Gasteiger partial charge in [0.2, 0.25) is 0 Å². The average molecular weight is 282 g/mol. The molecule has 1 aromatic carbocycles. The maximum Gasteiger partial charge on any atom is 0.311 e. The molecule has 0 aromatic heterocycles. The Morgan fingerprint density at radius 2 is 2.16 bits per heavy atom. The molecule has 1 aliphatic heterocycles. The lowest BCUT2D eigenvalue weighted by molar-refractivity contribution is -0.138. The molecule has 0 saturated carbocycles. The molecule has 1 fully saturated rings. The molecule has 104 valence electrons. The molecule has 1 N–H and O–H groups in total. The van der Waals surface area contributed by atoms with Gasteiger partial charge in [-0.15, -0.1) is 0 Å². The fourth-order valence-electron chi connectivity index (χ4n) is 2.23. The lowest BCUT2D eigenvalue weighted by atomic mass is 10.0. The minimum absolute atomic E-state index is 0.0334. The highest BCUT2D eigenvalue weighted by molar-refractivity contribution is 7.85. The maximum absolute atomic E-state index is 12.1. The summed E-state index contributed by atoms with van der Waals surface area (Å²) in [6, 6.07) is 8.97. The number of carboxylic acids is 1. The molecule has 1 heterocycles. The molecule has 1 aliphatic rings. The van der Waals surface area contributed by atoms with Gasteiger partial charge in [-0.1, -0.05) is 30.3 Å². The number of ether oxygens (including phenoxy) is 1. The van der Waals surface area contributed by atoms with Crippen LogP contribution in [0.4, 0.5) is 0 Å². The van der Waals surface area contributed by atoms with Crippen molar-refractivity contribution in [1.29, 1.82) is 0 Å². The zero-order valence-electron chi connectivity index (χ0n) is 10.7. The SMILES string of the molecule is O=C(O)C(CS(=O)CC1CCCO1)c1ccccc1. The van der Waals surface area contributed by atoms with Crippen molar-refractivity contribution in [2.45, 2.75) is 24.9 Å². The van der Waals surface area contributed by atoms with E-state index in [1.54, 1.807) is 24.3 Å². The van der Waals surface area contributed by atoms with Crippen molar-refractivity contribution in [3.05, 3.63) is 35.9 Å². The van der Waals surface area contributed by atoms with Crippen molar-refractivity contribution < 1.29 is 18.8 Å². The second-order valence-electron chi connectivity index (χ2n) is 4.71. The zero-order valence-corrected chi connectivity index (χ0v) is 11.5. The van der Waals surface area contributed by atoms with Crippen molar-refractivity contribution in [2.75, 3.05) is 18.1 Å². The molecular formula is C14H18O4S. The van der Waals surface area contributed by atoms with Crippen LogP contribution in [0.15, 0.2) is 30.3 Å². The third-order valence-corrected chi connectivity index (χ3v) is 4.70. The highest BCUT2D eigenvalue weighted by atomic mass is 32.2. The van der Waals surface area contributed by atoms with E-state index in [2.05, 4.69) is 0 Å². The summed E-state index contributed by atoms with van der Waals surface area (Å²) in [5.74, 6) is -1.04. The molecule has 19 heavy (non-hydrogen) atoms. The number of hydrogen-bond donors (Lipinski definition) is 1. The van der Waals surface area contributed by atoms with E-state index in [0.29, 0.717) is 11.3 Å². The largest absolute Gasteiger partial charge is 0.481 e. The van der Waals surface area contributed by atoms with Crippen molar-refractivity contribution in [1.82, 2.24) is 0 Å². The molecule has 3 atom stereocenters. The second kappa shape index (κ2) is 6.82. The summed E-state index contributed by atoms with van der Waals surface area (Å²) in [6.07, 6.45) is 1.96. The predicted octanol–water partition coefficient (Wildman–Crippen LogP) is 1.78. The Kier molecular flexibility index (Phi) is 5.10. The Morgan fingerprint density at radius 1 is 1.42 bits per heavy atom. The first-order valence-corrected chi connectivity index (χ1v) is 7.90. The first-order valence-electron chi connectivity index (χ1n) is 6.41. The van der Waals surface area contributed by atoms with Crippen molar-refractivity contribution >= 4 is 16.8 Å². The van der Waals surface area contributed by atoms with Gasteiger partial charge in [0.1, 0.15) is 0 Å². The van der Waals surface area contributed by atoms with E-state index in [4.69, 9.17) is 4.74 Å². The molecule has 0 aliphatic carbocycles. The number of rotatable bonds is 6. The van der Waals surface area contributed by atoms with Crippen LogP contribution in [0.2, 0.25) is 0 Å². The van der Waals surface area contributed by atoms with Gasteiger partial charge in [-0.2, -0.15) is 0 Å². The Hall–Kier alpha value is -1.20. The summed E-state index contributed by atoms with van der Waals surface area (Å²) < 4.78 is 17.5. The van der Waals surface area contributed by atoms with Crippen LogP contribution >= 0.6 is 0 Å². The average Bonchev–Trinajstić information content (AvgIpc) is 2.89. The van der Waals surface area contributed by atoms with Crippen molar-refractivity contribution in [2.24, 2.45) is 0 Å². The van der Waals surface area contributed by atoms with Gasteiger partial charge >= 0.3 is 5.97 Å². The molecule has 0 radical (unpaired) electrons. The van der Waals surface area contributed by atoms with E-state index >= 15 is 0 Å². The van der Waals surface area contributed by atoms with Gasteiger partial charge in [0, 0.05) is 28.9 Å². The first-order chi connectivity index (χ1) is 9.16. The minimum Gasteiger partial charge on any atom is -0.481 e. The topological polar surface area (TPSA) is 63.6 Å². The van der Waals surface area contributed by atoms with E-state index in [0.717, 1.165) is 19.4 Å². The smallest absolute Gasteiger partial charge is 0.311 e. The van der Waals surface area contributed by atoms with Gasteiger partial charge in [-0.05, 0) is 18.4 Å². The molecule has 1 aromatic rings. The van der Waals surface area contributed by atoms with Crippen molar-refractivity contribution in [3.8, 4) is 0 Å². The summed E-state index contributed by atoms with van der Waals surface area (Å²) >= 11 is 0. The Labute approximate surface area is 115 Å². The lowest BCUT2D eigenvalue weighted by Crippen LogP contribution is -2.24. The van der Waals surface area contributed by atoms with E-state index < -0.39 is 22.7 Å². The van der Waals surface area contributed by atoms with Crippen molar-refractivity contribution in [3.63, 3.8) is 0 Å². The molecule has 5 heteroatoms. The molecule has 4 nitrogen and oxygen atoms in total. The van der Waals surface area contributed by atoms with Crippen LogP contribution in [0, 0.1) is 0 Å². The molecule has 0 bridgehead atoms. The zero-order chi connectivity index (χ0) is 13.7. The predicted molar refractivity (Wildman–Crippen MR) is 73.7 cm³/mol. The number of hydrogen-bond acceptors (Lipinski definition) is 3. The quantitative estimate of drug-likeness (QED) is 0.864. The summed E-state index contributed by atoms with van der Waals surface area (Å²) in [5, 5.41) is 9.27. The molecular weight excluding hydrogens is 264 g/mol. The lowest BCUT2D eigenvalue weighted by Gasteiger charge is -2.14. The van der Waals surface area contributed by atoms with E-state index in [1.807, 2.05) is 6.07 Å². The molecule has 2 rings (SSSR count). The monoisotopic (exact) mass is 282 g/mol. The number of carboxylic acid groups (broad SMARTS) is 1. The highest BCUT2D eigenvalue weighted by Gasteiger charge is 2.25. The van der Waals surface area contributed by atoms with Gasteiger partial charge in [0.05, 0.1) is 12.0 Å². The summed E-state index contributed by atoms with van der Waals surface area (Å²) in [6.45, 7) is 0.725. The number of aliphatic carboxylic acids is 1. The van der Waals surface area contributed by atoms with Crippen LogP contribution in [-0.4, -0.2) is 39.5 Å². The van der Waals surface area contributed by atoms with Gasteiger partial charge in [-0.25, -0.2) is 0 Å². The second-order valence-corrected chi connectivity index (χ2v) is 6.26. The van der Waals surface area contributed by atoms with Gasteiger partial charge < -0.3 is 9.84 Å². The van der Waals surface area contributed by atoms with Crippen LogP contribution in [0.3, 0.4) is 0 Å². The minimum atomic E-state index is -1.17. The van der Waals surface area contributed by atoms with Crippen LogP contribution in [0.5, 0.6) is 0 Å². The van der Waals surface area contributed by atoms with Crippen LogP contribution < -0.4 is 0 Å². The fraction of sp³-hybridized carbons (Fsp3) is 0.500. The Morgan fingerprint density at radius 3 is 2.74 bits per heavy atom. The van der Waals surface area contributed by atoms with E-state index in [9.17, 15) is 14.1 Å². The van der Waals surface area contributed by atoms with Gasteiger partial charge in [-0.3, -0.25) is 9.00 Å². The summed E-state index contributed by atoms with van der Waals surface area (Å²) in [5.41, 5.74) is 0.704. The summed E-state index contributed by atoms with van der Waals surface area (Å²) in [4.78, 5) is 11.3. The van der Waals surface area contributed by atoms with Crippen LogP contribution in [-0.2, 0) is 20.3 Å². The molecule has 1 saturated heterocycles. The van der Waals surface area contributed by atoms with Gasteiger partial charge in [0.15, 0.2) is 0 Å². The molecule has 0 amide bonds. The van der Waals surface area contributed by atoms with E-state index in [1.165, 1.54) is 0 Å². The molecule has 0 spiro atoms. The fourth-order valence-corrected chi connectivity index (χ4v) is 3.75.